The predicted octanol–water partition coefficient (Wildman–Crippen LogP) is 2.98. The number of likely N-dealkylation sites (N-methyl/N-ethyl adjacent to an activating group) is 1. The molecule has 1 amide bonds. The van der Waals surface area contributed by atoms with Crippen molar-refractivity contribution >= 4 is 12.4 Å². The van der Waals surface area contributed by atoms with Crippen LogP contribution >= 0.6 is 0 Å². The van der Waals surface area contributed by atoms with Gasteiger partial charge in [0.25, 0.3) is 0 Å². The Hall–Kier alpha value is -2.04. The third-order valence-corrected chi connectivity index (χ3v) is 3.29. The number of aromatic hydroxyl groups is 1. The van der Waals surface area contributed by atoms with Gasteiger partial charge in [0.15, 0.2) is 0 Å². The summed E-state index contributed by atoms with van der Waals surface area (Å²) in [5, 5.41) is 10.1. The average Bonchev–Trinajstić information content (AvgIpc) is 2.34. The molecule has 0 aromatic heterocycles. The van der Waals surface area contributed by atoms with Crippen LogP contribution in [0.4, 0.5) is 4.79 Å². The second-order valence-electron chi connectivity index (χ2n) is 6.33. The average molecular weight is 293 g/mol. The highest BCUT2D eigenvalue weighted by molar-refractivity contribution is 5.78. The van der Waals surface area contributed by atoms with Crippen molar-refractivity contribution in [2.24, 2.45) is 0 Å². The first-order chi connectivity index (χ1) is 9.51. The van der Waals surface area contributed by atoms with Crippen LogP contribution in [0, 0.1) is 6.92 Å². The fourth-order valence-electron chi connectivity index (χ4n) is 1.91. The second kappa shape index (κ2) is 5.76. The molecule has 0 bridgehead atoms. The zero-order valence-corrected chi connectivity index (χ0v) is 13.4. The number of benzene rings is 1. The van der Waals surface area contributed by atoms with E-state index in [-0.39, 0.29) is 5.75 Å². The molecule has 1 N–H and O–H groups in total. The van der Waals surface area contributed by atoms with Crippen LogP contribution < -0.4 is 0 Å². The van der Waals surface area contributed by atoms with Gasteiger partial charge < -0.3 is 14.6 Å². The summed E-state index contributed by atoms with van der Waals surface area (Å²) in [5.74, 6) is -0.0278. The summed E-state index contributed by atoms with van der Waals surface area (Å²) in [6.07, 6.45) is -0.00141. The van der Waals surface area contributed by atoms with Gasteiger partial charge in [-0.25, -0.2) is 4.79 Å². The van der Waals surface area contributed by atoms with Crippen LogP contribution in [0.25, 0.3) is 0 Å². The first-order valence-electron chi connectivity index (χ1n) is 6.74. The number of aryl methyl sites for hydroxylation is 1. The Morgan fingerprint density at radius 2 is 1.86 bits per heavy atom. The molecule has 1 rings (SSSR count). The van der Waals surface area contributed by atoms with E-state index in [1.54, 1.807) is 45.9 Å². The van der Waals surface area contributed by atoms with Crippen LogP contribution in [0.15, 0.2) is 18.2 Å². The number of carbonyl (C=O) groups is 2. The molecule has 5 nitrogen and oxygen atoms in total. The van der Waals surface area contributed by atoms with Gasteiger partial charge in [-0.2, -0.15) is 0 Å². The number of rotatable bonds is 3. The van der Waals surface area contributed by atoms with E-state index in [0.29, 0.717) is 11.8 Å². The lowest BCUT2D eigenvalue weighted by molar-refractivity contribution is -0.117. The number of phenols is 1. The summed E-state index contributed by atoms with van der Waals surface area (Å²) in [7, 11) is 1.47. The van der Waals surface area contributed by atoms with E-state index in [2.05, 4.69) is 0 Å². The van der Waals surface area contributed by atoms with Gasteiger partial charge in [-0.3, -0.25) is 4.90 Å². The van der Waals surface area contributed by atoms with Gasteiger partial charge in [-0.05, 0) is 46.2 Å². The number of hydrogen-bond acceptors (Lipinski definition) is 4. The van der Waals surface area contributed by atoms with E-state index in [0.717, 1.165) is 5.56 Å². The molecule has 0 heterocycles. The number of phenolic OH excluding ortho intramolecular Hbond substituents is 1. The van der Waals surface area contributed by atoms with Crippen LogP contribution in [-0.2, 0) is 15.1 Å². The van der Waals surface area contributed by atoms with Gasteiger partial charge in [-0.15, -0.1) is 0 Å². The van der Waals surface area contributed by atoms with E-state index >= 15 is 0 Å². The molecular formula is C16H23NO4. The number of ether oxygens (including phenoxy) is 1. The standard InChI is InChI=1S/C16H23NO4/c1-11-7-8-12(13(19)9-11)16(5,10-18)17(6)14(20)21-15(2,3)4/h7-10,19H,1-6H3. The molecule has 1 aromatic rings. The highest BCUT2D eigenvalue weighted by Gasteiger charge is 2.38. The molecule has 1 aromatic carbocycles. The lowest BCUT2D eigenvalue weighted by Crippen LogP contribution is -2.48. The molecule has 0 aliphatic heterocycles. The number of nitrogens with zero attached hydrogens (tertiary/aromatic N) is 1. The van der Waals surface area contributed by atoms with Gasteiger partial charge in [0.1, 0.15) is 23.2 Å². The summed E-state index contributed by atoms with van der Waals surface area (Å²) in [6.45, 7) is 8.65. The van der Waals surface area contributed by atoms with Crippen molar-refractivity contribution < 1.29 is 19.4 Å². The minimum Gasteiger partial charge on any atom is -0.508 e. The highest BCUT2D eigenvalue weighted by Crippen LogP contribution is 2.33. The van der Waals surface area contributed by atoms with E-state index in [1.807, 2.05) is 6.92 Å². The van der Waals surface area contributed by atoms with Gasteiger partial charge in [0.2, 0.25) is 0 Å². The van der Waals surface area contributed by atoms with E-state index in [1.165, 1.54) is 11.9 Å². The van der Waals surface area contributed by atoms with E-state index < -0.39 is 17.2 Å². The van der Waals surface area contributed by atoms with Gasteiger partial charge in [0.05, 0.1) is 0 Å². The van der Waals surface area contributed by atoms with Crippen LogP contribution in [0.1, 0.15) is 38.8 Å². The third-order valence-electron chi connectivity index (χ3n) is 3.29. The van der Waals surface area contributed by atoms with Gasteiger partial charge in [0, 0.05) is 12.6 Å². The number of hydrogen-bond donors (Lipinski definition) is 1. The largest absolute Gasteiger partial charge is 0.508 e. The molecule has 0 saturated heterocycles. The van der Waals surface area contributed by atoms with Crippen molar-refractivity contribution in [3.63, 3.8) is 0 Å². The summed E-state index contributed by atoms with van der Waals surface area (Å²) >= 11 is 0. The Morgan fingerprint density at radius 1 is 1.29 bits per heavy atom. The maximum atomic E-state index is 12.2. The van der Waals surface area contributed by atoms with E-state index in [9.17, 15) is 14.7 Å². The quantitative estimate of drug-likeness (QED) is 0.870. The fraction of sp³-hybridized carbons (Fsp3) is 0.500. The minimum absolute atomic E-state index is 0.0278. The topological polar surface area (TPSA) is 66.8 Å². The summed E-state index contributed by atoms with van der Waals surface area (Å²) in [6, 6.07) is 4.97. The molecule has 0 saturated carbocycles. The SMILES string of the molecule is Cc1ccc(C(C)(C=O)N(C)C(=O)OC(C)(C)C)c(O)c1. The first kappa shape index (κ1) is 17.0. The lowest BCUT2D eigenvalue weighted by Gasteiger charge is -2.36. The van der Waals surface area contributed by atoms with Crippen molar-refractivity contribution in [1.82, 2.24) is 4.90 Å². The normalized spacial score (nSPS) is 14.2. The number of amides is 1. The van der Waals surface area contributed by atoms with Gasteiger partial charge in [-0.1, -0.05) is 12.1 Å². The molecule has 21 heavy (non-hydrogen) atoms. The number of aldehydes is 1. The highest BCUT2D eigenvalue weighted by atomic mass is 16.6. The van der Waals surface area contributed by atoms with Crippen LogP contribution in [-0.4, -0.2) is 35.0 Å². The van der Waals surface area contributed by atoms with Crippen molar-refractivity contribution in [2.45, 2.75) is 45.8 Å². The maximum Gasteiger partial charge on any atom is 0.411 e. The minimum atomic E-state index is -1.31. The molecule has 0 spiro atoms. The summed E-state index contributed by atoms with van der Waals surface area (Å²) in [5.41, 5.74) is -0.745. The third kappa shape index (κ3) is 3.74. The Kier molecular flexibility index (Phi) is 4.66. The zero-order valence-electron chi connectivity index (χ0n) is 13.4. The van der Waals surface area contributed by atoms with Crippen molar-refractivity contribution in [3.05, 3.63) is 29.3 Å². The summed E-state index contributed by atoms with van der Waals surface area (Å²) < 4.78 is 5.28. The molecule has 0 fully saturated rings. The molecule has 5 heteroatoms. The Bertz CT molecular complexity index is 548. The molecule has 1 atom stereocenters. The molecule has 116 valence electrons. The van der Waals surface area contributed by atoms with Gasteiger partial charge >= 0.3 is 6.09 Å². The number of carbonyl (C=O) groups excluding carboxylic acids is 2. The predicted molar refractivity (Wildman–Crippen MR) is 80.3 cm³/mol. The molecule has 0 aliphatic carbocycles. The van der Waals surface area contributed by atoms with Crippen molar-refractivity contribution in [1.29, 1.82) is 0 Å². The smallest absolute Gasteiger partial charge is 0.411 e. The monoisotopic (exact) mass is 293 g/mol. The lowest BCUT2D eigenvalue weighted by atomic mass is 9.90. The zero-order chi connectivity index (χ0) is 16.4. The van der Waals surface area contributed by atoms with Crippen molar-refractivity contribution in [2.75, 3.05) is 7.05 Å². The fourth-order valence-corrected chi connectivity index (χ4v) is 1.91. The molecule has 0 aliphatic rings. The molecule has 1 unspecified atom stereocenters. The maximum absolute atomic E-state index is 12.2. The van der Waals surface area contributed by atoms with Crippen LogP contribution in [0.2, 0.25) is 0 Å². The Morgan fingerprint density at radius 3 is 2.29 bits per heavy atom. The van der Waals surface area contributed by atoms with Crippen LogP contribution in [0.3, 0.4) is 0 Å². The Balaban J connectivity index is 3.20. The van der Waals surface area contributed by atoms with Crippen LogP contribution in [0.5, 0.6) is 5.75 Å². The Labute approximate surface area is 125 Å². The summed E-state index contributed by atoms with van der Waals surface area (Å²) in [4.78, 5) is 25.0. The second-order valence-corrected chi connectivity index (χ2v) is 6.33. The first-order valence-corrected chi connectivity index (χ1v) is 6.74. The van der Waals surface area contributed by atoms with Crippen molar-refractivity contribution in [3.8, 4) is 5.75 Å². The molecular weight excluding hydrogens is 270 g/mol. The van der Waals surface area contributed by atoms with E-state index in [4.69, 9.17) is 4.74 Å². The molecule has 0 radical (unpaired) electrons.